The number of para-hydroxylation sites is 1. The van der Waals surface area contributed by atoms with Gasteiger partial charge in [-0.15, -0.1) is 11.8 Å². The molecule has 5 amide bonds. The number of rotatable bonds is 16. The molecule has 17 heteroatoms. The number of nitrogens with two attached hydrogens (primary N) is 1. The number of imide groups is 1. The lowest BCUT2D eigenvalue weighted by molar-refractivity contribution is -0.137. The summed E-state index contributed by atoms with van der Waals surface area (Å²) in [5.74, 6) is 2.03. The topological polar surface area (TPSA) is 189 Å². The monoisotopic (exact) mass is 924 g/mol. The van der Waals surface area contributed by atoms with Gasteiger partial charge in [-0.05, 0) is 92.0 Å². The summed E-state index contributed by atoms with van der Waals surface area (Å²) in [5, 5.41) is 8.09. The zero-order valence-corrected chi connectivity index (χ0v) is 38.4. The molecule has 67 heavy (non-hydrogen) atoms. The quantitative estimate of drug-likeness (QED) is 0.0492. The summed E-state index contributed by atoms with van der Waals surface area (Å²) in [5.41, 5.74) is 10.2. The molecule has 5 aromatic rings. The number of anilines is 1. The first-order valence-corrected chi connectivity index (χ1v) is 24.4. The first kappa shape index (κ1) is 45.6. The smallest absolute Gasteiger partial charge is 0.255 e. The highest BCUT2D eigenvalue weighted by atomic mass is 32.2. The fraction of sp³-hybridized carbons (Fsp3) is 0.400. The fourth-order valence-electron chi connectivity index (χ4n) is 9.46. The van der Waals surface area contributed by atoms with E-state index in [4.69, 9.17) is 15.6 Å². The van der Waals surface area contributed by atoms with Crippen molar-refractivity contribution >= 4 is 58.1 Å². The molecule has 0 bridgehead atoms. The molecule has 6 heterocycles. The van der Waals surface area contributed by atoms with Gasteiger partial charge in [0.1, 0.15) is 35.4 Å². The van der Waals surface area contributed by atoms with E-state index in [9.17, 15) is 24.0 Å². The highest BCUT2D eigenvalue weighted by Crippen LogP contribution is 2.37. The number of likely N-dealkylation sites (tertiary alicyclic amines) is 1. The number of hydrogen-bond donors (Lipinski definition) is 2. The summed E-state index contributed by atoms with van der Waals surface area (Å²) in [4.78, 5) is 81.4. The van der Waals surface area contributed by atoms with E-state index < -0.39 is 11.9 Å². The number of piperidine rings is 2. The third-order valence-corrected chi connectivity index (χ3v) is 14.3. The summed E-state index contributed by atoms with van der Waals surface area (Å²) in [6.45, 7) is 5.05. The van der Waals surface area contributed by atoms with Crippen LogP contribution in [0.2, 0.25) is 0 Å². The second kappa shape index (κ2) is 20.9. The van der Waals surface area contributed by atoms with E-state index in [1.54, 1.807) is 22.7 Å². The summed E-state index contributed by atoms with van der Waals surface area (Å²) in [6, 6.07) is 22.4. The van der Waals surface area contributed by atoms with Crippen LogP contribution < -0.4 is 15.8 Å². The van der Waals surface area contributed by atoms with E-state index in [2.05, 4.69) is 20.2 Å². The Bertz CT molecular complexity index is 2650. The Morgan fingerprint density at radius 2 is 1.64 bits per heavy atom. The number of amides is 5. The molecule has 3 aromatic carbocycles. The second-order valence-electron chi connectivity index (χ2n) is 17.5. The van der Waals surface area contributed by atoms with E-state index >= 15 is 0 Å². The third kappa shape index (κ3) is 10.5. The predicted octanol–water partition coefficient (Wildman–Crippen LogP) is 6.24. The van der Waals surface area contributed by atoms with Crippen LogP contribution in [-0.2, 0) is 25.7 Å². The van der Waals surface area contributed by atoms with Crippen molar-refractivity contribution in [3.8, 4) is 22.8 Å². The van der Waals surface area contributed by atoms with Gasteiger partial charge in [0.2, 0.25) is 23.6 Å². The molecule has 2 aromatic heterocycles. The summed E-state index contributed by atoms with van der Waals surface area (Å²) >= 11 is 1.73. The Hall–Kier alpha value is -6.59. The number of aromatic nitrogens is 4. The molecular weight excluding hydrogens is 869 g/mol. The molecule has 9 rings (SSSR count). The molecule has 3 fully saturated rings. The summed E-state index contributed by atoms with van der Waals surface area (Å²) in [6.07, 6.45) is 11.7. The SMILES string of the molecule is Nc1ncnc2c1c(-c1ccc(Oc3ccccc3)cc1)nn2[C@@H]1CCCN(C(=O)/C=C/CN2CCN(C(=O)CCCCCCSc3cccc4c3CN(C3CCC(=O)NC3=O)C4=O)CC2)C1. The molecule has 2 atom stereocenters. The van der Waals surface area contributed by atoms with E-state index in [1.807, 2.05) is 93.4 Å². The molecule has 4 aliphatic rings. The van der Waals surface area contributed by atoms with Crippen molar-refractivity contribution in [3.63, 3.8) is 0 Å². The predicted molar refractivity (Wildman–Crippen MR) is 255 cm³/mol. The standard InChI is InChI=1S/C50H56N10O6S/c51-47-45-46(34-18-20-37(21-19-34)66-36-12-4-3-5-13-36)55-60(48(45)53-33-52-47)35-11-9-25-58(31-35)44(63)17-10-24-56-26-28-57(29-27-56)43(62)16-6-1-2-7-30-67-41-15-8-14-38-39(41)32-59(50(38)65)40-22-23-42(61)54-49(40)64/h3-5,8,10,12-15,17-21,33,35,40H,1-2,6-7,9,11,16,22-32H2,(H2,51,52,53)(H,54,61,64)/b17-10+/t35-,40?/m1/s1. The average molecular weight is 925 g/mol. The molecule has 0 saturated carbocycles. The molecule has 3 N–H and O–H groups in total. The van der Waals surface area contributed by atoms with Crippen LogP contribution in [0.5, 0.6) is 11.5 Å². The molecule has 348 valence electrons. The van der Waals surface area contributed by atoms with Gasteiger partial charge in [0.05, 0.1) is 11.4 Å². The molecular formula is C50H56N10O6S. The molecule has 4 aliphatic heterocycles. The Labute approximate surface area is 393 Å². The number of benzene rings is 3. The number of ether oxygens (including phenoxy) is 1. The molecule has 16 nitrogen and oxygen atoms in total. The van der Waals surface area contributed by atoms with Crippen molar-refractivity contribution in [1.82, 2.24) is 44.7 Å². The van der Waals surface area contributed by atoms with Gasteiger partial charge in [-0.3, -0.25) is 34.2 Å². The second-order valence-corrected chi connectivity index (χ2v) is 18.7. The van der Waals surface area contributed by atoms with Gasteiger partial charge in [0.15, 0.2) is 5.65 Å². The number of nitrogens with zero attached hydrogens (tertiary/aromatic N) is 8. The van der Waals surface area contributed by atoms with Crippen molar-refractivity contribution in [2.45, 2.75) is 81.3 Å². The number of hydrogen-bond acceptors (Lipinski definition) is 12. The van der Waals surface area contributed by atoms with Crippen LogP contribution in [0.4, 0.5) is 5.82 Å². The zero-order chi connectivity index (χ0) is 46.3. The molecule has 3 saturated heterocycles. The van der Waals surface area contributed by atoms with Gasteiger partial charge in [0, 0.05) is 87.3 Å². The minimum Gasteiger partial charge on any atom is -0.457 e. The maximum atomic E-state index is 13.5. The van der Waals surface area contributed by atoms with Gasteiger partial charge in [0.25, 0.3) is 5.91 Å². The first-order chi connectivity index (χ1) is 32.7. The Morgan fingerprint density at radius 3 is 2.45 bits per heavy atom. The lowest BCUT2D eigenvalue weighted by atomic mass is 10.0. The van der Waals surface area contributed by atoms with Crippen molar-refractivity contribution < 1.29 is 28.7 Å². The summed E-state index contributed by atoms with van der Waals surface area (Å²) in [7, 11) is 0. The number of nitrogen functional groups attached to an aromatic ring is 1. The maximum absolute atomic E-state index is 13.5. The maximum Gasteiger partial charge on any atom is 0.255 e. The number of carbonyl (C=O) groups excluding carboxylic acids is 5. The number of piperazine rings is 1. The van der Waals surface area contributed by atoms with E-state index in [0.717, 1.165) is 79.1 Å². The van der Waals surface area contributed by atoms with Crippen LogP contribution in [0.25, 0.3) is 22.3 Å². The van der Waals surface area contributed by atoms with Crippen molar-refractivity contribution in [2.75, 3.05) is 57.3 Å². The van der Waals surface area contributed by atoms with Crippen molar-refractivity contribution in [1.29, 1.82) is 0 Å². The largest absolute Gasteiger partial charge is 0.457 e. The van der Waals surface area contributed by atoms with Crippen LogP contribution >= 0.6 is 11.8 Å². The Balaban J connectivity index is 0.683. The molecule has 0 aliphatic carbocycles. The highest BCUT2D eigenvalue weighted by molar-refractivity contribution is 7.99. The zero-order valence-electron chi connectivity index (χ0n) is 37.6. The fourth-order valence-corrected chi connectivity index (χ4v) is 10.6. The van der Waals surface area contributed by atoms with Crippen LogP contribution in [0.3, 0.4) is 0 Å². The van der Waals surface area contributed by atoms with Gasteiger partial charge in [-0.2, -0.15) is 5.10 Å². The van der Waals surface area contributed by atoms with Gasteiger partial charge in [-0.25, -0.2) is 14.6 Å². The van der Waals surface area contributed by atoms with Crippen LogP contribution in [-0.4, -0.2) is 126 Å². The number of carbonyl (C=O) groups is 5. The molecule has 0 spiro atoms. The minimum atomic E-state index is -0.619. The lowest BCUT2D eigenvalue weighted by Crippen LogP contribution is -2.52. The van der Waals surface area contributed by atoms with Gasteiger partial charge < -0.3 is 25.2 Å². The Kier molecular flexibility index (Phi) is 14.2. The van der Waals surface area contributed by atoms with E-state index in [-0.39, 0.29) is 36.1 Å². The number of thioether (sulfide) groups is 1. The van der Waals surface area contributed by atoms with E-state index in [0.29, 0.717) is 86.0 Å². The third-order valence-electron chi connectivity index (χ3n) is 13.1. The first-order valence-electron chi connectivity index (χ1n) is 23.4. The van der Waals surface area contributed by atoms with Crippen LogP contribution in [0.1, 0.15) is 79.8 Å². The normalized spacial score (nSPS) is 19.0. The van der Waals surface area contributed by atoms with Crippen LogP contribution in [0.15, 0.2) is 96.2 Å². The number of nitrogens with one attached hydrogen (secondary N) is 1. The lowest BCUT2D eigenvalue weighted by Gasteiger charge is -2.34. The summed E-state index contributed by atoms with van der Waals surface area (Å²) < 4.78 is 7.90. The number of unbranched alkanes of at least 4 members (excludes halogenated alkanes) is 3. The Morgan fingerprint density at radius 1 is 0.851 bits per heavy atom. The van der Waals surface area contributed by atoms with E-state index in [1.165, 1.54) is 6.33 Å². The number of fused-ring (bicyclic) bond motifs is 2. The average Bonchev–Trinajstić information content (AvgIpc) is 3.91. The molecule has 0 radical (unpaired) electrons. The van der Waals surface area contributed by atoms with Gasteiger partial charge >= 0.3 is 0 Å². The molecule has 1 unspecified atom stereocenters. The minimum absolute atomic E-state index is 0.0321. The van der Waals surface area contributed by atoms with Gasteiger partial charge in [-0.1, -0.05) is 43.2 Å². The van der Waals surface area contributed by atoms with Crippen LogP contribution in [0, 0.1) is 0 Å². The highest BCUT2D eigenvalue weighted by Gasteiger charge is 2.40. The van der Waals surface area contributed by atoms with Crippen molar-refractivity contribution in [3.05, 3.63) is 102 Å². The van der Waals surface area contributed by atoms with Crippen molar-refractivity contribution in [2.24, 2.45) is 0 Å².